The average molecular weight is 356 g/mol. The number of nitrogens with zero attached hydrogens (tertiary/aromatic N) is 2. The van der Waals surface area contributed by atoms with Crippen molar-refractivity contribution < 1.29 is 0 Å². The minimum atomic E-state index is 0.554. The summed E-state index contributed by atoms with van der Waals surface area (Å²) >= 11 is 1.88. The molecule has 1 aliphatic carbocycles. The largest absolute Gasteiger partial charge is 0.330 e. The Kier molecular flexibility index (Phi) is 5.49. The highest BCUT2D eigenvalue weighted by Gasteiger charge is 2.33. The highest BCUT2D eigenvalue weighted by atomic mass is 32.1. The Balaban J connectivity index is 1.40. The zero-order chi connectivity index (χ0) is 17.1. The van der Waals surface area contributed by atoms with Crippen LogP contribution in [-0.4, -0.2) is 29.5 Å². The molecular formula is C21H29N3S. The van der Waals surface area contributed by atoms with Crippen LogP contribution in [-0.2, 0) is 6.54 Å². The number of rotatable bonds is 5. The molecule has 1 saturated heterocycles. The highest BCUT2D eigenvalue weighted by molar-refractivity contribution is 7.09. The number of hydrogen-bond donors (Lipinski definition) is 1. The number of likely N-dealkylation sites (tertiary alicyclic amines) is 1. The summed E-state index contributed by atoms with van der Waals surface area (Å²) in [4.78, 5) is 7.54. The Morgan fingerprint density at radius 1 is 1.08 bits per heavy atom. The van der Waals surface area contributed by atoms with Gasteiger partial charge in [-0.25, -0.2) is 4.98 Å². The van der Waals surface area contributed by atoms with Gasteiger partial charge in [0.2, 0.25) is 0 Å². The Morgan fingerprint density at radius 2 is 1.88 bits per heavy atom. The van der Waals surface area contributed by atoms with Crippen LogP contribution >= 0.6 is 11.3 Å². The molecule has 0 radical (unpaired) electrons. The van der Waals surface area contributed by atoms with Crippen molar-refractivity contribution in [3.63, 3.8) is 0 Å². The third kappa shape index (κ3) is 3.97. The van der Waals surface area contributed by atoms with Crippen molar-refractivity contribution in [2.24, 2.45) is 11.7 Å². The first kappa shape index (κ1) is 17.2. The minimum Gasteiger partial charge on any atom is -0.330 e. The van der Waals surface area contributed by atoms with Crippen molar-refractivity contribution in [1.29, 1.82) is 0 Å². The molecule has 3 nitrogen and oxygen atoms in total. The van der Waals surface area contributed by atoms with Gasteiger partial charge in [-0.2, -0.15) is 0 Å². The molecule has 2 aliphatic rings. The van der Waals surface area contributed by atoms with E-state index in [0.29, 0.717) is 11.8 Å². The van der Waals surface area contributed by atoms with Gasteiger partial charge in [-0.15, -0.1) is 11.3 Å². The molecule has 25 heavy (non-hydrogen) atoms. The van der Waals surface area contributed by atoms with Gasteiger partial charge in [0, 0.05) is 36.9 Å². The lowest BCUT2D eigenvalue weighted by Crippen LogP contribution is -2.23. The molecule has 0 bridgehead atoms. The van der Waals surface area contributed by atoms with Gasteiger partial charge in [-0.1, -0.05) is 49.6 Å². The van der Waals surface area contributed by atoms with E-state index in [1.54, 1.807) is 0 Å². The summed E-state index contributed by atoms with van der Waals surface area (Å²) in [6.45, 7) is 3.93. The minimum absolute atomic E-state index is 0.554. The maximum absolute atomic E-state index is 6.08. The van der Waals surface area contributed by atoms with Crippen molar-refractivity contribution in [3.8, 4) is 0 Å². The number of benzene rings is 1. The van der Waals surface area contributed by atoms with Gasteiger partial charge >= 0.3 is 0 Å². The molecule has 0 amide bonds. The molecular weight excluding hydrogens is 326 g/mol. The molecule has 1 aromatic carbocycles. The molecule has 0 spiro atoms. The SMILES string of the molecule is NC[C@@H]1CN(Cc2csc(C3CCCCC3)n2)C[C@H]1c1ccccc1. The fourth-order valence-corrected chi connectivity index (χ4v) is 5.55. The summed E-state index contributed by atoms with van der Waals surface area (Å²) in [5.41, 5.74) is 8.77. The second-order valence-electron chi connectivity index (χ2n) is 7.72. The molecule has 2 fully saturated rings. The van der Waals surface area contributed by atoms with Crippen molar-refractivity contribution in [1.82, 2.24) is 9.88 Å². The predicted octanol–water partition coefficient (Wildman–Crippen LogP) is 4.37. The molecule has 134 valence electrons. The fourth-order valence-electron chi connectivity index (χ4n) is 4.57. The number of aromatic nitrogens is 1. The molecule has 2 N–H and O–H groups in total. The van der Waals surface area contributed by atoms with E-state index in [1.807, 2.05) is 11.3 Å². The predicted molar refractivity (Wildman–Crippen MR) is 105 cm³/mol. The molecule has 2 aromatic rings. The van der Waals surface area contributed by atoms with Crippen LogP contribution in [0.2, 0.25) is 0 Å². The quantitative estimate of drug-likeness (QED) is 0.866. The van der Waals surface area contributed by atoms with Gasteiger partial charge in [0.15, 0.2) is 0 Å². The van der Waals surface area contributed by atoms with Gasteiger partial charge in [-0.05, 0) is 30.9 Å². The molecule has 4 heteroatoms. The summed E-state index contributed by atoms with van der Waals surface area (Å²) in [5, 5.41) is 3.67. The van der Waals surface area contributed by atoms with Crippen LogP contribution < -0.4 is 5.73 Å². The second kappa shape index (κ2) is 7.98. The van der Waals surface area contributed by atoms with Crippen LogP contribution in [0.5, 0.6) is 0 Å². The van der Waals surface area contributed by atoms with Crippen molar-refractivity contribution in [3.05, 3.63) is 52.0 Å². The topological polar surface area (TPSA) is 42.1 Å². The van der Waals surface area contributed by atoms with E-state index in [1.165, 1.54) is 48.4 Å². The highest BCUT2D eigenvalue weighted by Crippen LogP contribution is 2.36. The van der Waals surface area contributed by atoms with Gasteiger partial charge in [0.1, 0.15) is 0 Å². The Morgan fingerprint density at radius 3 is 2.64 bits per heavy atom. The van der Waals surface area contributed by atoms with Crippen molar-refractivity contribution in [2.45, 2.75) is 50.5 Å². The van der Waals surface area contributed by atoms with E-state index in [9.17, 15) is 0 Å². The normalized spacial score (nSPS) is 25.5. The van der Waals surface area contributed by atoms with Gasteiger partial charge < -0.3 is 5.73 Å². The number of hydrogen-bond acceptors (Lipinski definition) is 4. The molecule has 1 aliphatic heterocycles. The van der Waals surface area contributed by atoms with E-state index in [4.69, 9.17) is 10.7 Å². The van der Waals surface area contributed by atoms with Crippen molar-refractivity contribution in [2.75, 3.05) is 19.6 Å². The molecule has 2 atom stereocenters. The lowest BCUT2D eigenvalue weighted by molar-refractivity contribution is 0.313. The van der Waals surface area contributed by atoms with E-state index in [2.05, 4.69) is 40.6 Å². The number of nitrogens with two attached hydrogens (primary N) is 1. The van der Waals surface area contributed by atoms with Gasteiger partial charge in [0.05, 0.1) is 10.7 Å². The first-order valence-electron chi connectivity index (χ1n) is 9.75. The fraction of sp³-hybridized carbons (Fsp3) is 0.571. The Hall–Kier alpha value is -1.23. The Bertz CT molecular complexity index is 663. The summed E-state index contributed by atoms with van der Waals surface area (Å²) in [7, 11) is 0. The molecule has 4 rings (SSSR count). The van der Waals surface area contributed by atoms with Gasteiger partial charge in [-0.3, -0.25) is 4.90 Å². The monoisotopic (exact) mass is 355 g/mol. The van der Waals surface area contributed by atoms with Crippen LogP contribution in [0.15, 0.2) is 35.7 Å². The smallest absolute Gasteiger partial charge is 0.0959 e. The zero-order valence-electron chi connectivity index (χ0n) is 14.9. The second-order valence-corrected chi connectivity index (χ2v) is 8.61. The molecule has 2 heterocycles. The zero-order valence-corrected chi connectivity index (χ0v) is 15.8. The lowest BCUT2D eigenvalue weighted by Gasteiger charge is -2.19. The maximum Gasteiger partial charge on any atom is 0.0959 e. The van der Waals surface area contributed by atoms with Crippen LogP contribution in [0.1, 0.15) is 60.2 Å². The third-order valence-corrected chi connectivity index (χ3v) is 7.01. The summed E-state index contributed by atoms with van der Waals surface area (Å²) in [6.07, 6.45) is 6.83. The molecule has 1 aromatic heterocycles. The first-order valence-corrected chi connectivity index (χ1v) is 10.6. The average Bonchev–Trinajstić information content (AvgIpc) is 3.30. The molecule has 0 unspecified atom stereocenters. The summed E-state index contributed by atoms with van der Waals surface area (Å²) in [6, 6.07) is 10.9. The summed E-state index contributed by atoms with van der Waals surface area (Å²) in [5.74, 6) is 1.83. The van der Waals surface area contributed by atoms with Crippen LogP contribution in [0.4, 0.5) is 0 Å². The van der Waals surface area contributed by atoms with Crippen LogP contribution in [0.3, 0.4) is 0 Å². The lowest BCUT2D eigenvalue weighted by atomic mass is 9.89. The first-order chi connectivity index (χ1) is 12.3. The summed E-state index contributed by atoms with van der Waals surface area (Å²) < 4.78 is 0. The maximum atomic E-state index is 6.08. The Labute approximate surface area is 155 Å². The van der Waals surface area contributed by atoms with Crippen LogP contribution in [0.25, 0.3) is 0 Å². The third-order valence-electron chi connectivity index (χ3n) is 5.96. The van der Waals surface area contributed by atoms with Gasteiger partial charge in [0.25, 0.3) is 0 Å². The van der Waals surface area contributed by atoms with Crippen molar-refractivity contribution >= 4 is 11.3 Å². The standard InChI is InChI=1S/C21H29N3S/c22-11-18-12-24(14-20(18)16-7-3-1-4-8-16)13-19-15-25-21(23-19)17-9-5-2-6-10-17/h1,3-4,7-8,15,17-18,20H,2,5-6,9-14,22H2/t18-,20+/m1/s1. The van der Waals surface area contributed by atoms with E-state index in [-0.39, 0.29) is 0 Å². The molecule has 1 saturated carbocycles. The van der Waals surface area contributed by atoms with E-state index < -0.39 is 0 Å². The van der Waals surface area contributed by atoms with E-state index >= 15 is 0 Å². The van der Waals surface area contributed by atoms with Crippen LogP contribution in [0, 0.1) is 5.92 Å². The van der Waals surface area contributed by atoms with E-state index in [0.717, 1.165) is 32.1 Å². The number of thiazole rings is 1.